The lowest BCUT2D eigenvalue weighted by Gasteiger charge is -2.12. The maximum absolute atomic E-state index is 11.3. The predicted octanol–water partition coefficient (Wildman–Crippen LogP) is 1.62. The Morgan fingerprint density at radius 1 is 1.29 bits per heavy atom. The highest BCUT2D eigenvalue weighted by molar-refractivity contribution is 5.92. The van der Waals surface area contributed by atoms with E-state index in [2.05, 4.69) is 6.58 Å². The van der Waals surface area contributed by atoms with Crippen LogP contribution in [-0.4, -0.2) is 19.6 Å². The number of methoxy groups -OCH3 is 1. The summed E-state index contributed by atoms with van der Waals surface area (Å²) in [6, 6.07) is 9.61. The molecular formula is C16H20N2O3. The fourth-order valence-electron chi connectivity index (χ4n) is 1.59. The molecule has 4 N–H and O–H groups in total. The first-order chi connectivity index (χ1) is 10.1. The van der Waals surface area contributed by atoms with E-state index in [-0.39, 0.29) is 12.1 Å². The van der Waals surface area contributed by atoms with E-state index >= 15 is 0 Å². The largest absolute Gasteiger partial charge is 0.493 e. The summed E-state index contributed by atoms with van der Waals surface area (Å²) < 4.78 is 10.9. The number of rotatable bonds is 8. The quantitative estimate of drug-likeness (QED) is 0.432. The van der Waals surface area contributed by atoms with Crippen molar-refractivity contribution in [1.29, 1.82) is 0 Å². The van der Waals surface area contributed by atoms with E-state index in [1.165, 1.54) is 19.3 Å². The highest BCUT2D eigenvalue weighted by Gasteiger charge is 2.09. The molecule has 0 aliphatic rings. The molecule has 5 heteroatoms. The molecule has 0 saturated heterocycles. The lowest BCUT2D eigenvalue weighted by atomic mass is 10.2. The molecular weight excluding hydrogens is 268 g/mol. The molecule has 0 fully saturated rings. The zero-order chi connectivity index (χ0) is 15.7. The lowest BCUT2D eigenvalue weighted by molar-refractivity contribution is -0.114. The standard InChI is InChI=1S/C16H20N2O3/c1-3-14(20-2)15(9-13(10-17)16(18)19)21-11-12-7-5-4-6-8-12/h3-9H,1,10-11,17H2,2H3,(H2,18,19). The first-order valence-corrected chi connectivity index (χ1v) is 6.40. The number of nitrogens with two attached hydrogens (primary N) is 2. The van der Waals surface area contributed by atoms with Gasteiger partial charge in [-0.2, -0.15) is 0 Å². The molecule has 1 rings (SSSR count). The van der Waals surface area contributed by atoms with Crippen molar-refractivity contribution in [3.8, 4) is 0 Å². The summed E-state index contributed by atoms with van der Waals surface area (Å²) in [5, 5.41) is 0. The van der Waals surface area contributed by atoms with Crippen molar-refractivity contribution in [2.45, 2.75) is 6.61 Å². The summed E-state index contributed by atoms with van der Waals surface area (Å²) in [5.41, 5.74) is 12.0. The summed E-state index contributed by atoms with van der Waals surface area (Å²) in [5.74, 6) is 0.159. The predicted molar refractivity (Wildman–Crippen MR) is 81.8 cm³/mol. The van der Waals surface area contributed by atoms with Crippen LogP contribution in [0.5, 0.6) is 0 Å². The van der Waals surface area contributed by atoms with Gasteiger partial charge >= 0.3 is 0 Å². The van der Waals surface area contributed by atoms with Crippen LogP contribution in [0.2, 0.25) is 0 Å². The van der Waals surface area contributed by atoms with E-state index in [4.69, 9.17) is 20.9 Å². The molecule has 0 atom stereocenters. The second kappa shape index (κ2) is 8.60. The van der Waals surface area contributed by atoms with Gasteiger partial charge in [0.15, 0.2) is 11.5 Å². The highest BCUT2D eigenvalue weighted by atomic mass is 16.5. The molecule has 0 bridgehead atoms. The Bertz CT molecular complexity index is 548. The van der Waals surface area contributed by atoms with E-state index in [1.54, 1.807) is 0 Å². The Morgan fingerprint density at radius 2 is 1.95 bits per heavy atom. The smallest absolute Gasteiger partial charge is 0.246 e. The molecule has 0 spiro atoms. The molecule has 0 aliphatic heterocycles. The van der Waals surface area contributed by atoms with Gasteiger partial charge < -0.3 is 20.9 Å². The second-order valence-corrected chi connectivity index (χ2v) is 4.15. The van der Waals surface area contributed by atoms with Gasteiger partial charge in [-0.25, -0.2) is 0 Å². The number of ether oxygens (including phenoxy) is 2. The lowest BCUT2D eigenvalue weighted by Crippen LogP contribution is -2.21. The van der Waals surface area contributed by atoms with Crippen molar-refractivity contribution >= 4 is 5.91 Å². The minimum absolute atomic E-state index is 0.0155. The molecule has 1 aromatic carbocycles. The summed E-state index contributed by atoms with van der Waals surface area (Å²) >= 11 is 0. The molecule has 5 nitrogen and oxygen atoms in total. The van der Waals surface area contributed by atoms with E-state index < -0.39 is 5.91 Å². The van der Waals surface area contributed by atoms with Gasteiger partial charge in [-0.15, -0.1) is 0 Å². The van der Waals surface area contributed by atoms with Gasteiger partial charge in [0.1, 0.15) is 6.61 Å². The van der Waals surface area contributed by atoms with E-state index in [9.17, 15) is 4.79 Å². The summed E-state index contributed by atoms with van der Waals surface area (Å²) in [4.78, 5) is 11.3. The number of allylic oxidation sites excluding steroid dienone is 2. The van der Waals surface area contributed by atoms with Crippen molar-refractivity contribution in [1.82, 2.24) is 0 Å². The third kappa shape index (κ3) is 5.16. The van der Waals surface area contributed by atoms with E-state index in [0.717, 1.165) is 5.56 Å². The minimum Gasteiger partial charge on any atom is -0.493 e. The summed E-state index contributed by atoms with van der Waals surface area (Å²) in [6.45, 7) is 3.99. The second-order valence-electron chi connectivity index (χ2n) is 4.15. The number of amides is 1. The zero-order valence-electron chi connectivity index (χ0n) is 12.0. The van der Waals surface area contributed by atoms with Gasteiger partial charge in [-0.1, -0.05) is 36.9 Å². The first-order valence-electron chi connectivity index (χ1n) is 6.40. The van der Waals surface area contributed by atoms with Crippen LogP contribution in [0.4, 0.5) is 0 Å². The molecule has 112 valence electrons. The Balaban J connectivity index is 3.01. The molecule has 1 amide bonds. The van der Waals surface area contributed by atoms with Gasteiger partial charge in [0.2, 0.25) is 5.91 Å². The van der Waals surface area contributed by atoms with E-state index in [0.29, 0.717) is 18.1 Å². The average Bonchev–Trinajstić information content (AvgIpc) is 2.51. The van der Waals surface area contributed by atoms with Crippen molar-refractivity contribution in [2.75, 3.05) is 13.7 Å². The van der Waals surface area contributed by atoms with Crippen LogP contribution in [0.3, 0.4) is 0 Å². The molecule has 0 aromatic heterocycles. The number of hydrogen-bond donors (Lipinski definition) is 2. The number of carbonyl (C=O) groups is 1. The van der Waals surface area contributed by atoms with Crippen LogP contribution in [-0.2, 0) is 20.9 Å². The van der Waals surface area contributed by atoms with Crippen molar-refractivity contribution in [3.05, 3.63) is 71.7 Å². The fraction of sp³-hybridized carbons (Fsp3) is 0.188. The Hall–Kier alpha value is -2.53. The van der Waals surface area contributed by atoms with Crippen LogP contribution in [0.15, 0.2) is 66.2 Å². The number of benzene rings is 1. The van der Waals surface area contributed by atoms with Crippen LogP contribution >= 0.6 is 0 Å². The average molecular weight is 288 g/mol. The molecule has 0 unspecified atom stereocenters. The Morgan fingerprint density at radius 3 is 2.43 bits per heavy atom. The fourth-order valence-corrected chi connectivity index (χ4v) is 1.59. The van der Waals surface area contributed by atoms with Gasteiger partial charge in [-0.3, -0.25) is 4.79 Å². The van der Waals surface area contributed by atoms with E-state index in [1.807, 2.05) is 30.3 Å². The van der Waals surface area contributed by atoms with Crippen LogP contribution < -0.4 is 11.5 Å². The number of carbonyl (C=O) groups excluding carboxylic acids is 1. The SMILES string of the molecule is C=CC(OC)=C(C=C(CN)C(N)=O)OCc1ccccc1. The number of primary amides is 1. The third-order valence-corrected chi connectivity index (χ3v) is 2.73. The minimum atomic E-state index is -0.599. The van der Waals surface area contributed by atoms with Crippen LogP contribution in [0.25, 0.3) is 0 Å². The zero-order valence-corrected chi connectivity index (χ0v) is 12.0. The van der Waals surface area contributed by atoms with Crippen molar-refractivity contribution in [2.24, 2.45) is 11.5 Å². The normalized spacial score (nSPS) is 12.4. The molecule has 21 heavy (non-hydrogen) atoms. The highest BCUT2D eigenvalue weighted by Crippen LogP contribution is 2.15. The molecule has 0 aliphatic carbocycles. The summed E-state index contributed by atoms with van der Waals surface area (Å²) in [6.07, 6.45) is 2.97. The number of hydrogen-bond acceptors (Lipinski definition) is 4. The summed E-state index contributed by atoms with van der Waals surface area (Å²) in [7, 11) is 1.49. The van der Waals surface area contributed by atoms with Crippen molar-refractivity contribution in [3.63, 3.8) is 0 Å². The molecule has 0 radical (unpaired) electrons. The van der Waals surface area contributed by atoms with Crippen molar-refractivity contribution < 1.29 is 14.3 Å². The van der Waals surface area contributed by atoms with Crippen LogP contribution in [0, 0.1) is 0 Å². The van der Waals surface area contributed by atoms with Gasteiger partial charge in [0.05, 0.1) is 7.11 Å². The Kier molecular flexibility index (Phi) is 6.77. The first kappa shape index (κ1) is 16.5. The Labute approximate surface area is 124 Å². The maximum atomic E-state index is 11.3. The maximum Gasteiger partial charge on any atom is 0.246 e. The monoisotopic (exact) mass is 288 g/mol. The van der Waals surface area contributed by atoms with Gasteiger partial charge in [-0.05, 0) is 17.7 Å². The topological polar surface area (TPSA) is 87.6 Å². The molecule has 1 aromatic rings. The third-order valence-electron chi connectivity index (χ3n) is 2.73. The van der Waals surface area contributed by atoms with Crippen LogP contribution in [0.1, 0.15) is 5.56 Å². The molecule has 0 saturated carbocycles. The van der Waals surface area contributed by atoms with Gasteiger partial charge in [0, 0.05) is 12.1 Å². The van der Waals surface area contributed by atoms with Gasteiger partial charge in [0.25, 0.3) is 0 Å². The molecule has 0 heterocycles.